The van der Waals surface area contributed by atoms with Gasteiger partial charge in [0.05, 0.1) is 0 Å². The van der Waals surface area contributed by atoms with Gasteiger partial charge in [0.25, 0.3) is 0 Å². The Labute approximate surface area is 78.3 Å². The van der Waals surface area contributed by atoms with Gasteiger partial charge in [-0.15, -0.1) is 12.3 Å². The van der Waals surface area contributed by atoms with Crippen molar-refractivity contribution in [2.45, 2.75) is 6.42 Å². The molecule has 0 aromatic rings. The summed E-state index contributed by atoms with van der Waals surface area (Å²) in [6.07, 6.45) is 8.89. The molecule has 68 valence electrons. The predicted octanol–water partition coefficient (Wildman–Crippen LogP) is 2.13. The molecule has 0 bridgehead atoms. The third-order valence-electron chi connectivity index (χ3n) is 2.29. The van der Waals surface area contributed by atoms with Gasteiger partial charge in [0.15, 0.2) is 0 Å². The first-order valence-electron chi connectivity index (χ1n) is 3.95. The number of hydrogen-bond acceptors (Lipinski definition) is 2. The van der Waals surface area contributed by atoms with Gasteiger partial charge in [-0.05, 0) is 19.7 Å². The van der Waals surface area contributed by atoms with Crippen LogP contribution in [0.1, 0.15) is 6.42 Å². The van der Waals surface area contributed by atoms with Crippen molar-refractivity contribution in [1.29, 1.82) is 0 Å². The lowest BCUT2D eigenvalue weighted by Crippen LogP contribution is -2.27. The molecule has 1 heterocycles. The van der Waals surface area contributed by atoms with E-state index in [2.05, 4.69) is 5.92 Å². The van der Waals surface area contributed by atoms with Crippen molar-refractivity contribution in [3.63, 3.8) is 0 Å². The number of nitrogens with zero attached hydrogens (tertiary/aromatic N) is 1. The molecule has 1 rings (SSSR count). The van der Waals surface area contributed by atoms with Crippen LogP contribution < -0.4 is 0 Å². The molecule has 1 aliphatic rings. The Bertz CT molecular complexity index is 248. The van der Waals surface area contributed by atoms with Gasteiger partial charge in [-0.1, -0.05) is 11.4 Å². The Hall–Kier alpha value is 0.100. The molecule has 2 nitrogen and oxygen atoms in total. The Morgan fingerprint density at radius 2 is 2.42 bits per heavy atom. The Kier molecular flexibility index (Phi) is 3.29. The number of hydrogen-bond donors (Lipinski definition) is 0. The van der Waals surface area contributed by atoms with Crippen molar-refractivity contribution in [3.05, 3.63) is 0 Å². The zero-order valence-electron chi connectivity index (χ0n) is 7.49. The lowest BCUT2D eigenvalue weighted by atomic mass is 10.1. The summed E-state index contributed by atoms with van der Waals surface area (Å²) in [6, 6.07) is 0. The molecule has 0 N–H and O–H groups in total. The summed E-state index contributed by atoms with van der Waals surface area (Å²) in [4.78, 5) is 0. The second-order valence-corrected chi connectivity index (χ2v) is 8.53. The molecule has 1 aliphatic heterocycles. The molecule has 0 radical (unpaired) electrons. The summed E-state index contributed by atoms with van der Waals surface area (Å²) in [5.41, 5.74) is 0. The van der Waals surface area contributed by atoms with E-state index in [-0.39, 0.29) is 5.92 Å². The molecule has 0 spiro atoms. The maximum absolute atomic E-state index is 12.1. The molecular weight excluding hydrogens is 189 g/mol. The largest absolute Gasteiger partial charge is 0.295 e. The zero-order valence-corrected chi connectivity index (χ0v) is 9.20. The lowest BCUT2D eigenvalue weighted by Gasteiger charge is -2.33. The maximum atomic E-state index is 12.1. The van der Waals surface area contributed by atoms with Crippen LogP contribution in [0, 0.1) is 18.3 Å². The van der Waals surface area contributed by atoms with Crippen LogP contribution >= 0.6 is 17.9 Å². The zero-order chi connectivity index (χ0) is 9.19. The number of terminal acetylenes is 1. The maximum Gasteiger partial charge on any atom is 0.204 e. The highest BCUT2D eigenvalue weighted by Crippen LogP contribution is 2.62. The van der Waals surface area contributed by atoms with Gasteiger partial charge in [0.2, 0.25) is 6.49 Å². The summed E-state index contributed by atoms with van der Waals surface area (Å²) in [6.45, 7) is -1.28. The summed E-state index contributed by atoms with van der Waals surface area (Å²) in [5.74, 6) is 2.92. The van der Waals surface area contributed by atoms with Crippen LogP contribution in [-0.4, -0.2) is 30.7 Å². The highest BCUT2D eigenvalue weighted by Gasteiger charge is 2.33. The normalized spacial score (nSPS) is 37.6. The molecule has 0 saturated carbocycles. The van der Waals surface area contributed by atoms with Crippen LogP contribution in [0.4, 0.5) is 0 Å². The van der Waals surface area contributed by atoms with E-state index in [4.69, 9.17) is 6.42 Å². The van der Waals surface area contributed by atoms with E-state index in [1.165, 1.54) is 11.4 Å². The molecular formula is C8H14NOPS. The Balaban J connectivity index is 2.73. The van der Waals surface area contributed by atoms with E-state index >= 15 is 0 Å². The minimum absolute atomic E-state index is 0.222. The SMILES string of the molecule is C#CC1CCN(C)P(=O)(SC)C1. The van der Waals surface area contributed by atoms with Crippen LogP contribution in [-0.2, 0) is 4.57 Å². The molecule has 1 fully saturated rings. The van der Waals surface area contributed by atoms with Gasteiger partial charge < -0.3 is 0 Å². The summed E-state index contributed by atoms with van der Waals surface area (Å²) in [7, 11) is 1.92. The van der Waals surface area contributed by atoms with Crippen molar-refractivity contribution >= 4 is 17.9 Å². The van der Waals surface area contributed by atoms with Gasteiger partial charge in [-0.3, -0.25) is 4.57 Å². The fourth-order valence-electron chi connectivity index (χ4n) is 1.35. The number of rotatable bonds is 1. The lowest BCUT2D eigenvalue weighted by molar-refractivity contribution is 0.419. The quantitative estimate of drug-likeness (QED) is 0.481. The molecule has 4 heteroatoms. The first-order chi connectivity index (χ1) is 5.62. The standard InChI is InChI=1S/C8H14NOPS/c1-4-8-5-6-9(2)11(10,7-8)12-3/h1,8H,5-7H2,2-3H3. The summed E-state index contributed by atoms with van der Waals surface area (Å²) >= 11 is 1.46. The topological polar surface area (TPSA) is 20.3 Å². The van der Waals surface area contributed by atoms with Crippen LogP contribution in [0.2, 0.25) is 0 Å². The molecule has 0 amide bonds. The minimum Gasteiger partial charge on any atom is -0.295 e. The third kappa shape index (κ3) is 1.88. The van der Waals surface area contributed by atoms with E-state index in [0.717, 1.165) is 13.0 Å². The van der Waals surface area contributed by atoms with Crippen molar-refractivity contribution < 1.29 is 4.57 Å². The van der Waals surface area contributed by atoms with Gasteiger partial charge >= 0.3 is 0 Å². The van der Waals surface area contributed by atoms with E-state index in [0.29, 0.717) is 6.16 Å². The Morgan fingerprint density at radius 3 is 2.92 bits per heavy atom. The second-order valence-electron chi connectivity index (χ2n) is 3.04. The smallest absolute Gasteiger partial charge is 0.204 e. The molecule has 1 saturated heterocycles. The van der Waals surface area contributed by atoms with Crippen molar-refractivity contribution in [2.75, 3.05) is 26.0 Å². The summed E-state index contributed by atoms with van der Waals surface area (Å²) in [5, 5.41) is 0. The van der Waals surface area contributed by atoms with Gasteiger partial charge in [0.1, 0.15) is 0 Å². The molecule has 0 aliphatic carbocycles. The van der Waals surface area contributed by atoms with E-state index in [9.17, 15) is 4.57 Å². The van der Waals surface area contributed by atoms with Crippen LogP contribution in [0.3, 0.4) is 0 Å². The van der Waals surface area contributed by atoms with Crippen LogP contribution in [0.15, 0.2) is 0 Å². The molecule has 2 atom stereocenters. The summed E-state index contributed by atoms with van der Waals surface area (Å²) < 4.78 is 14.1. The average Bonchev–Trinajstić information content (AvgIpc) is 2.10. The first-order valence-corrected chi connectivity index (χ1v) is 7.62. The fraction of sp³-hybridized carbons (Fsp3) is 0.750. The molecule has 0 aromatic heterocycles. The van der Waals surface area contributed by atoms with Crippen molar-refractivity contribution in [2.24, 2.45) is 5.92 Å². The Morgan fingerprint density at radius 1 is 1.75 bits per heavy atom. The first kappa shape index (κ1) is 10.2. The monoisotopic (exact) mass is 203 g/mol. The van der Waals surface area contributed by atoms with Gasteiger partial charge in [0, 0.05) is 18.6 Å². The van der Waals surface area contributed by atoms with E-state index in [1.54, 1.807) is 0 Å². The third-order valence-corrected chi connectivity index (χ3v) is 8.00. The van der Waals surface area contributed by atoms with Gasteiger partial charge in [-0.2, -0.15) is 0 Å². The highest BCUT2D eigenvalue weighted by molar-refractivity contribution is 8.57. The highest BCUT2D eigenvalue weighted by atomic mass is 32.7. The predicted molar refractivity (Wildman–Crippen MR) is 55.6 cm³/mol. The van der Waals surface area contributed by atoms with E-state index in [1.807, 2.05) is 18.0 Å². The minimum atomic E-state index is -2.15. The molecule has 0 aromatic carbocycles. The van der Waals surface area contributed by atoms with Gasteiger partial charge in [-0.25, -0.2) is 4.67 Å². The molecule has 2 unspecified atom stereocenters. The molecule has 12 heavy (non-hydrogen) atoms. The van der Waals surface area contributed by atoms with Crippen molar-refractivity contribution in [3.8, 4) is 12.3 Å². The second kappa shape index (κ2) is 3.87. The fourth-order valence-corrected chi connectivity index (χ4v) is 5.39. The van der Waals surface area contributed by atoms with Crippen LogP contribution in [0.5, 0.6) is 0 Å². The van der Waals surface area contributed by atoms with E-state index < -0.39 is 6.49 Å². The van der Waals surface area contributed by atoms with Crippen LogP contribution in [0.25, 0.3) is 0 Å². The average molecular weight is 203 g/mol. The van der Waals surface area contributed by atoms with Crippen molar-refractivity contribution in [1.82, 2.24) is 4.67 Å².